The number of benzene rings is 1. The Morgan fingerprint density at radius 1 is 1.00 bits per heavy atom. The first-order chi connectivity index (χ1) is 10.6. The van der Waals surface area contributed by atoms with Gasteiger partial charge in [0.2, 0.25) is 0 Å². The number of hydrogen-bond acceptors (Lipinski definition) is 4. The smallest absolute Gasteiger partial charge is 0.407 e. The first-order valence-electron chi connectivity index (χ1n) is 6.92. The zero-order valence-corrected chi connectivity index (χ0v) is 11.8. The summed E-state index contributed by atoms with van der Waals surface area (Å²) in [4.78, 5) is 30.0. The molecule has 1 amide bonds. The molecule has 1 aromatic heterocycles. The summed E-state index contributed by atoms with van der Waals surface area (Å²) < 4.78 is 0. The lowest BCUT2D eigenvalue weighted by Gasteiger charge is -2.33. The van der Waals surface area contributed by atoms with E-state index in [0.29, 0.717) is 37.1 Å². The number of piperazine rings is 1. The minimum Gasteiger partial charge on any atom is -0.478 e. The van der Waals surface area contributed by atoms with Crippen LogP contribution in [0.25, 0.3) is 10.9 Å². The van der Waals surface area contributed by atoms with E-state index in [1.165, 1.54) is 4.90 Å². The predicted octanol–water partition coefficient (Wildman–Crippen LogP) is 1.73. The molecule has 0 atom stereocenters. The molecule has 0 radical (unpaired) electrons. The number of rotatable bonds is 2. The molecule has 0 aliphatic carbocycles. The fourth-order valence-electron chi connectivity index (χ4n) is 2.63. The Kier molecular flexibility index (Phi) is 3.54. The monoisotopic (exact) mass is 301 g/mol. The quantitative estimate of drug-likeness (QED) is 0.877. The van der Waals surface area contributed by atoms with E-state index >= 15 is 0 Å². The van der Waals surface area contributed by atoms with Crippen LogP contribution in [0.3, 0.4) is 0 Å². The van der Waals surface area contributed by atoms with E-state index in [-0.39, 0.29) is 5.56 Å². The molecule has 0 bridgehead atoms. The third kappa shape index (κ3) is 2.52. The Balaban J connectivity index is 1.87. The second-order valence-corrected chi connectivity index (χ2v) is 5.10. The van der Waals surface area contributed by atoms with Gasteiger partial charge in [-0.2, -0.15) is 0 Å². The van der Waals surface area contributed by atoms with Gasteiger partial charge in [-0.05, 0) is 24.3 Å². The lowest BCUT2D eigenvalue weighted by atomic mass is 10.1. The molecule has 2 N–H and O–H groups in total. The number of fused-ring (bicyclic) bond motifs is 1. The second-order valence-electron chi connectivity index (χ2n) is 5.10. The summed E-state index contributed by atoms with van der Waals surface area (Å²) in [6.45, 7) is 2.02. The summed E-state index contributed by atoms with van der Waals surface area (Å²) in [6, 6.07) is 8.54. The number of aromatic nitrogens is 1. The topological polar surface area (TPSA) is 94.0 Å². The van der Waals surface area contributed by atoms with Gasteiger partial charge in [-0.25, -0.2) is 14.6 Å². The van der Waals surface area contributed by atoms with Crippen LogP contribution >= 0.6 is 0 Å². The molecule has 1 aliphatic heterocycles. The minimum atomic E-state index is -0.977. The molecule has 1 aliphatic rings. The van der Waals surface area contributed by atoms with Gasteiger partial charge < -0.3 is 20.0 Å². The standard InChI is InChI=1S/C15H15N3O4/c19-14(20)11-2-1-3-12-10(11)4-5-13(16-12)17-6-8-18(9-7-17)15(21)22/h1-5H,6-9H2,(H,19,20)(H,21,22). The lowest BCUT2D eigenvalue weighted by Crippen LogP contribution is -2.48. The largest absolute Gasteiger partial charge is 0.478 e. The van der Waals surface area contributed by atoms with Crippen molar-refractivity contribution in [3.8, 4) is 0 Å². The molecule has 0 saturated carbocycles. The number of carboxylic acids is 1. The molecule has 22 heavy (non-hydrogen) atoms. The van der Waals surface area contributed by atoms with Crippen LogP contribution in [0.15, 0.2) is 30.3 Å². The number of hydrogen-bond donors (Lipinski definition) is 2. The molecule has 114 valence electrons. The van der Waals surface area contributed by atoms with Crippen LogP contribution < -0.4 is 4.90 Å². The average Bonchev–Trinajstić information content (AvgIpc) is 2.53. The van der Waals surface area contributed by atoms with Crippen molar-refractivity contribution in [3.05, 3.63) is 35.9 Å². The third-order valence-electron chi connectivity index (χ3n) is 3.82. The van der Waals surface area contributed by atoms with E-state index in [1.807, 2.05) is 4.90 Å². The molecule has 7 nitrogen and oxygen atoms in total. The highest BCUT2D eigenvalue weighted by Gasteiger charge is 2.21. The second kappa shape index (κ2) is 5.51. The normalized spacial score (nSPS) is 15.1. The van der Waals surface area contributed by atoms with Crippen molar-refractivity contribution in [2.24, 2.45) is 0 Å². The van der Waals surface area contributed by atoms with E-state index in [4.69, 9.17) is 5.11 Å². The molecular formula is C15H15N3O4. The minimum absolute atomic E-state index is 0.229. The Bertz CT molecular complexity index is 739. The molecular weight excluding hydrogens is 286 g/mol. The van der Waals surface area contributed by atoms with Crippen LogP contribution in [0.1, 0.15) is 10.4 Å². The van der Waals surface area contributed by atoms with Gasteiger partial charge in [-0.15, -0.1) is 0 Å². The van der Waals surface area contributed by atoms with Gasteiger partial charge in [0.1, 0.15) is 5.82 Å². The van der Waals surface area contributed by atoms with Crippen LogP contribution in [-0.2, 0) is 0 Å². The van der Waals surface area contributed by atoms with Crippen molar-refractivity contribution in [1.82, 2.24) is 9.88 Å². The highest BCUT2D eigenvalue weighted by Crippen LogP contribution is 2.22. The van der Waals surface area contributed by atoms with Gasteiger partial charge in [0.05, 0.1) is 11.1 Å². The van der Waals surface area contributed by atoms with Crippen LogP contribution in [0.4, 0.5) is 10.6 Å². The zero-order chi connectivity index (χ0) is 15.7. The summed E-state index contributed by atoms with van der Waals surface area (Å²) in [5.74, 6) is -0.240. The van der Waals surface area contributed by atoms with Gasteiger partial charge in [-0.1, -0.05) is 6.07 Å². The molecule has 1 aromatic carbocycles. The molecule has 3 rings (SSSR count). The molecule has 2 aromatic rings. The zero-order valence-electron chi connectivity index (χ0n) is 11.8. The third-order valence-corrected chi connectivity index (χ3v) is 3.82. The van der Waals surface area contributed by atoms with E-state index in [9.17, 15) is 14.7 Å². The van der Waals surface area contributed by atoms with E-state index in [2.05, 4.69) is 4.98 Å². The Hall–Kier alpha value is -2.83. The Labute approximate surface area is 126 Å². The van der Waals surface area contributed by atoms with Gasteiger partial charge in [0.15, 0.2) is 0 Å². The first kappa shape index (κ1) is 14.1. The van der Waals surface area contributed by atoms with Crippen molar-refractivity contribution in [1.29, 1.82) is 0 Å². The number of pyridine rings is 1. The number of nitrogens with zero attached hydrogens (tertiary/aromatic N) is 3. The molecule has 1 saturated heterocycles. The fraction of sp³-hybridized carbons (Fsp3) is 0.267. The number of carboxylic acid groups (broad SMARTS) is 2. The maximum absolute atomic E-state index is 11.2. The number of amides is 1. The van der Waals surface area contributed by atoms with Crippen molar-refractivity contribution in [3.63, 3.8) is 0 Å². The van der Waals surface area contributed by atoms with Gasteiger partial charge in [-0.3, -0.25) is 0 Å². The van der Waals surface area contributed by atoms with E-state index in [1.54, 1.807) is 30.3 Å². The number of carbonyl (C=O) groups is 2. The van der Waals surface area contributed by atoms with Crippen LogP contribution in [0.2, 0.25) is 0 Å². The number of anilines is 1. The van der Waals surface area contributed by atoms with E-state index < -0.39 is 12.1 Å². The Morgan fingerprint density at radius 2 is 1.73 bits per heavy atom. The summed E-state index contributed by atoms with van der Waals surface area (Å²) in [5.41, 5.74) is 0.852. The maximum atomic E-state index is 11.2. The van der Waals surface area contributed by atoms with Crippen molar-refractivity contribution in [2.45, 2.75) is 0 Å². The van der Waals surface area contributed by atoms with Gasteiger partial charge in [0, 0.05) is 31.6 Å². The van der Waals surface area contributed by atoms with Crippen molar-refractivity contribution in [2.75, 3.05) is 31.1 Å². The van der Waals surface area contributed by atoms with Crippen LogP contribution in [0.5, 0.6) is 0 Å². The lowest BCUT2D eigenvalue weighted by molar-refractivity contribution is 0.0699. The molecule has 1 fully saturated rings. The highest BCUT2D eigenvalue weighted by molar-refractivity contribution is 6.02. The molecule has 0 spiro atoms. The first-order valence-corrected chi connectivity index (χ1v) is 6.92. The SMILES string of the molecule is O=C(O)c1cccc2nc(N3CCN(C(=O)O)CC3)ccc12. The van der Waals surface area contributed by atoms with Crippen molar-refractivity contribution >= 4 is 28.8 Å². The molecule has 0 unspecified atom stereocenters. The highest BCUT2D eigenvalue weighted by atomic mass is 16.4. The van der Waals surface area contributed by atoms with Crippen molar-refractivity contribution < 1.29 is 19.8 Å². The average molecular weight is 301 g/mol. The van der Waals surface area contributed by atoms with E-state index in [0.717, 1.165) is 5.82 Å². The maximum Gasteiger partial charge on any atom is 0.407 e. The fourth-order valence-corrected chi connectivity index (χ4v) is 2.63. The Morgan fingerprint density at radius 3 is 2.36 bits per heavy atom. The number of aromatic carboxylic acids is 1. The summed E-state index contributed by atoms with van der Waals surface area (Å²) in [6.07, 6.45) is -0.905. The predicted molar refractivity (Wildman–Crippen MR) is 80.5 cm³/mol. The summed E-state index contributed by atoms with van der Waals surface area (Å²) in [7, 11) is 0. The summed E-state index contributed by atoms with van der Waals surface area (Å²) in [5, 5.41) is 18.7. The molecule has 7 heteroatoms. The van der Waals surface area contributed by atoms with Crippen LogP contribution in [0, 0.1) is 0 Å². The van der Waals surface area contributed by atoms with Gasteiger partial charge >= 0.3 is 12.1 Å². The molecule has 2 heterocycles. The van der Waals surface area contributed by atoms with Gasteiger partial charge in [0.25, 0.3) is 0 Å². The van der Waals surface area contributed by atoms with Crippen LogP contribution in [-0.4, -0.2) is 58.3 Å². The summed E-state index contributed by atoms with van der Waals surface area (Å²) >= 11 is 0.